The highest BCUT2D eigenvalue weighted by molar-refractivity contribution is 7.86. The highest BCUT2D eigenvalue weighted by atomic mass is 35.5. The van der Waals surface area contributed by atoms with Crippen molar-refractivity contribution in [3.8, 4) is 23.0 Å². The van der Waals surface area contributed by atoms with Gasteiger partial charge in [0.05, 0.1) is 19.7 Å². The zero-order valence-corrected chi connectivity index (χ0v) is 23.2. The highest BCUT2D eigenvalue weighted by Gasteiger charge is 2.47. The van der Waals surface area contributed by atoms with Crippen molar-refractivity contribution >= 4 is 22.5 Å². The molecule has 216 valence electrons. The molecule has 0 radical (unpaired) electrons. The Morgan fingerprint density at radius 2 is 1.75 bits per heavy atom. The number of ether oxygens (including phenoxy) is 3. The van der Waals surface area contributed by atoms with Crippen LogP contribution in [0, 0.1) is 11.7 Å². The predicted octanol–water partition coefficient (Wildman–Crippen LogP) is 4.76. The fourth-order valence-electron chi connectivity index (χ4n) is 5.37. The smallest absolute Gasteiger partial charge is 0.304 e. The van der Waals surface area contributed by atoms with Crippen LogP contribution in [0.4, 0.5) is 8.78 Å². The Kier molecular flexibility index (Phi) is 9.09. The van der Waals surface area contributed by atoms with Gasteiger partial charge < -0.3 is 19.3 Å². The van der Waals surface area contributed by atoms with Crippen molar-refractivity contribution in [2.45, 2.75) is 17.3 Å². The summed E-state index contributed by atoms with van der Waals surface area (Å²) >= 11 is 0. The summed E-state index contributed by atoms with van der Waals surface area (Å²) in [5, 5.41) is 10.0. The lowest BCUT2D eigenvalue weighted by Crippen LogP contribution is -2.49. The second kappa shape index (κ2) is 12.2. The van der Waals surface area contributed by atoms with Gasteiger partial charge in [-0.2, -0.15) is 8.42 Å². The van der Waals surface area contributed by atoms with Crippen LogP contribution in [0.25, 0.3) is 0 Å². The van der Waals surface area contributed by atoms with Crippen LogP contribution in [-0.4, -0.2) is 68.4 Å². The van der Waals surface area contributed by atoms with E-state index in [1.165, 1.54) is 31.4 Å². The first-order chi connectivity index (χ1) is 18.7. The van der Waals surface area contributed by atoms with Gasteiger partial charge in [0, 0.05) is 54.7 Å². The maximum Gasteiger partial charge on any atom is 0.304 e. The first-order valence-corrected chi connectivity index (χ1v) is 14.0. The fourth-order valence-corrected chi connectivity index (χ4v) is 6.27. The van der Waals surface area contributed by atoms with Gasteiger partial charge in [-0.25, -0.2) is 4.39 Å². The van der Waals surface area contributed by atoms with Crippen LogP contribution < -0.4 is 14.2 Å². The Hall–Kier alpha value is -3.12. The lowest BCUT2D eigenvalue weighted by molar-refractivity contribution is 0.0668. The summed E-state index contributed by atoms with van der Waals surface area (Å²) in [6.45, 7) is 2.24. The third kappa shape index (κ3) is 6.12. The van der Waals surface area contributed by atoms with Crippen LogP contribution in [0.15, 0.2) is 60.7 Å². The van der Waals surface area contributed by atoms with Gasteiger partial charge in [0.15, 0.2) is 0 Å². The third-order valence-corrected chi connectivity index (χ3v) is 8.22. The van der Waals surface area contributed by atoms with Crippen LogP contribution in [0.5, 0.6) is 23.0 Å². The van der Waals surface area contributed by atoms with E-state index in [9.17, 15) is 26.9 Å². The van der Waals surface area contributed by atoms with Crippen LogP contribution in [-0.2, 0) is 10.1 Å². The number of likely N-dealkylation sites (tertiary alicyclic amines) is 1. The van der Waals surface area contributed by atoms with E-state index in [4.69, 9.17) is 14.2 Å². The topological polar surface area (TPSA) is 106 Å². The van der Waals surface area contributed by atoms with Gasteiger partial charge >= 0.3 is 10.1 Å². The van der Waals surface area contributed by atoms with Gasteiger partial charge in [0.2, 0.25) is 5.44 Å². The normalized spacial score (nSPS) is 20.9. The number of nitrogens with zero attached hydrogens (tertiary/aromatic N) is 1. The summed E-state index contributed by atoms with van der Waals surface area (Å²) in [4.78, 5) is 2.11. The van der Waals surface area contributed by atoms with Gasteiger partial charge in [-0.3, -0.25) is 13.8 Å². The molecule has 3 aromatic rings. The molecule has 0 saturated carbocycles. The molecule has 3 atom stereocenters. The number of methoxy groups -OCH3 is 1. The number of aromatic hydroxyl groups is 1. The summed E-state index contributed by atoms with van der Waals surface area (Å²) in [5.74, 6) is -1.52. The molecule has 0 aromatic heterocycles. The molecule has 40 heavy (non-hydrogen) atoms. The summed E-state index contributed by atoms with van der Waals surface area (Å²) in [6.07, 6.45) is 0. The molecule has 3 unspecified atom stereocenters. The number of hydrogen-bond donors (Lipinski definition) is 2. The predicted molar refractivity (Wildman–Crippen MR) is 147 cm³/mol. The number of halogens is 3. The maximum atomic E-state index is 14.1. The molecule has 5 rings (SSSR count). The van der Waals surface area contributed by atoms with Crippen LogP contribution in [0.1, 0.15) is 28.5 Å². The molecule has 0 bridgehead atoms. The summed E-state index contributed by atoms with van der Waals surface area (Å²) in [5.41, 5.74) is -0.197. The molecule has 0 amide bonds. The Balaban J connectivity index is 0.00000370. The summed E-state index contributed by atoms with van der Waals surface area (Å²) in [6, 6.07) is 15.2. The van der Waals surface area contributed by atoms with Crippen molar-refractivity contribution in [3.63, 3.8) is 0 Å². The van der Waals surface area contributed by atoms with Crippen molar-refractivity contribution < 1.29 is 41.1 Å². The molecule has 2 aliphatic rings. The van der Waals surface area contributed by atoms with Gasteiger partial charge in [0.25, 0.3) is 0 Å². The molecular formula is C28H30ClF2NO7S. The second-order valence-electron chi connectivity index (χ2n) is 9.81. The van der Waals surface area contributed by atoms with Crippen molar-refractivity contribution in [2.75, 3.05) is 40.0 Å². The zero-order valence-electron chi connectivity index (χ0n) is 21.6. The Labute approximate surface area is 237 Å². The lowest BCUT2D eigenvalue weighted by Gasteiger charge is -2.39. The zero-order chi connectivity index (χ0) is 27.7. The number of alkyl halides is 1. The molecule has 2 N–H and O–H groups in total. The van der Waals surface area contributed by atoms with E-state index in [1.807, 2.05) is 0 Å². The van der Waals surface area contributed by atoms with E-state index < -0.39 is 33.2 Å². The molecule has 0 aliphatic carbocycles. The average Bonchev–Trinajstić information content (AvgIpc) is 2.88. The molecule has 12 heteroatoms. The quantitative estimate of drug-likeness (QED) is 0.340. The number of phenols is 1. The summed E-state index contributed by atoms with van der Waals surface area (Å²) < 4.78 is 79.1. The van der Waals surface area contributed by atoms with Crippen molar-refractivity contribution in [2.24, 2.45) is 5.92 Å². The van der Waals surface area contributed by atoms with E-state index >= 15 is 0 Å². The largest absolute Gasteiger partial charge is 0.508 e. The van der Waals surface area contributed by atoms with E-state index in [0.717, 1.165) is 19.2 Å². The average molecular weight is 598 g/mol. The highest BCUT2D eigenvalue weighted by Crippen LogP contribution is 2.52. The Bertz CT molecular complexity index is 1440. The van der Waals surface area contributed by atoms with E-state index in [1.54, 1.807) is 30.3 Å². The molecule has 3 aromatic carbocycles. The van der Waals surface area contributed by atoms with E-state index in [2.05, 4.69) is 4.90 Å². The molecule has 8 nitrogen and oxygen atoms in total. The number of phenolic OH excluding ortho intramolecular Hbond substituents is 1. The van der Waals surface area contributed by atoms with Gasteiger partial charge in [-0.1, -0.05) is 24.3 Å². The molecule has 1 fully saturated rings. The molecule has 0 spiro atoms. The minimum absolute atomic E-state index is 0. The second-order valence-corrected chi connectivity index (χ2v) is 11.3. The van der Waals surface area contributed by atoms with Crippen molar-refractivity contribution in [1.82, 2.24) is 4.90 Å². The van der Waals surface area contributed by atoms with E-state index in [-0.39, 0.29) is 42.2 Å². The van der Waals surface area contributed by atoms with Crippen LogP contribution in [0.3, 0.4) is 0 Å². The number of rotatable bonds is 9. The third-order valence-electron chi connectivity index (χ3n) is 7.24. The van der Waals surface area contributed by atoms with E-state index in [0.29, 0.717) is 35.6 Å². The van der Waals surface area contributed by atoms with Gasteiger partial charge in [-0.15, -0.1) is 12.4 Å². The van der Waals surface area contributed by atoms with Gasteiger partial charge in [0.1, 0.15) is 35.4 Å². The maximum absolute atomic E-state index is 14.1. The van der Waals surface area contributed by atoms with Crippen molar-refractivity contribution in [1.29, 1.82) is 0 Å². The van der Waals surface area contributed by atoms with Crippen molar-refractivity contribution in [3.05, 3.63) is 83.2 Å². The number of benzene rings is 3. The fraction of sp³-hybridized carbons (Fsp3) is 0.357. The number of hydrogen-bond acceptors (Lipinski definition) is 7. The molecule has 2 heterocycles. The van der Waals surface area contributed by atoms with Crippen LogP contribution >= 0.6 is 12.4 Å². The number of fused-ring (bicyclic) bond motifs is 1. The molecule has 2 aliphatic heterocycles. The lowest BCUT2D eigenvalue weighted by atomic mass is 9.75. The standard InChI is InChI=1S/C28H29F2NO7S.ClH/c1-36-24-12-19(30)4-8-22(24)27-26(23-9-5-20(32)13-25(23)38-28(27)39(33,34)35)18-2-6-21(7-3-18)37-11-10-31-15-17(14-29)16-31;/h2-9,12-13,17,26-28,32H,10-11,14-16H2,1H3,(H,33,34,35);1H. The molecular weight excluding hydrogens is 568 g/mol. The van der Waals surface area contributed by atoms with Crippen LogP contribution in [0.2, 0.25) is 0 Å². The minimum Gasteiger partial charge on any atom is -0.508 e. The first kappa shape index (κ1) is 29.9. The first-order valence-electron chi connectivity index (χ1n) is 12.5. The minimum atomic E-state index is -4.79. The monoisotopic (exact) mass is 597 g/mol. The molecule has 1 saturated heterocycles. The Morgan fingerprint density at radius 3 is 2.40 bits per heavy atom. The summed E-state index contributed by atoms with van der Waals surface area (Å²) in [7, 11) is -3.45. The SMILES string of the molecule is COc1cc(F)ccc1C1C(c2ccc(OCCN3CC(CF)C3)cc2)c2ccc(O)cc2OC1S(=O)(=O)O.Cl. The van der Waals surface area contributed by atoms with Gasteiger partial charge in [-0.05, 0) is 29.8 Å². The Morgan fingerprint density at radius 1 is 1.05 bits per heavy atom.